The van der Waals surface area contributed by atoms with E-state index in [-0.39, 0.29) is 5.91 Å². The Kier molecular flexibility index (Phi) is 7.49. The molecule has 0 unspecified atom stereocenters. The third kappa shape index (κ3) is 6.54. The predicted octanol–water partition coefficient (Wildman–Crippen LogP) is 3.45. The molecule has 0 aliphatic heterocycles. The smallest absolute Gasteiger partial charge is 0.220 e. The maximum Gasteiger partial charge on any atom is 0.220 e. The molecule has 0 spiro atoms. The van der Waals surface area contributed by atoms with Gasteiger partial charge in [-0.05, 0) is 12.3 Å². The fourth-order valence-corrected chi connectivity index (χ4v) is 2.19. The van der Waals surface area contributed by atoms with E-state index in [2.05, 4.69) is 24.1 Å². The van der Waals surface area contributed by atoms with Gasteiger partial charge in [0.05, 0.1) is 6.20 Å². The molecule has 0 saturated heterocycles. The Hall–Kier alpha value is -2.14. The monoisotopic (exact) mass is 330 g/mol. The van der Waals surface area contributed by atoms with Crippen molar-refractivity contribution in [2.75, 3.05) is 19.8 Å². The van der Waals surface area contributed by atoms with Gasteiger partial charge in [-0.2, -0.15) is 0 Å². The molecule has 1 aromatic carbocycles. The van der Waals surface area contributed by atoms with Crippen molar-refractivity contribution in [2.24, 2.45) is 5.92 Å². The molecule has 0 aliphatic rings. The Morgan fingerprint density at radius 3 is 2.83 bits per heavy atom. The van der Waals surface area contributed by atoms with Crippen LogP contribution in [0, 0.1) is 5.92 Å². The van der Waals surface area contributed by atoms with Gasteiger partial charge in [0.15, 0.2) is 11.7 Å². The third-order valence-electron chi connectivity index (χ3n) is 3.42. The molecule has 0 bridgehead atoms. The average molecular weight is 330 g/mol. The number of nitrogens with one attached hydrogen (secondary N) is 1. The van der Waals surface area contributed by atoms with Crippen LogP contribution in [0.1, 0.15) is 32.6 Å². The first-order valence-electron chi connectivity index (χ1n) is 8.49. The van der Waals surface area contributed by atoms with Crippen LogP contribution in [0.25, 0.3) is 11.3 Å². The van der Waals surface area contributed by atoms with Crippen molar-refractivity contribution >= 4 is 5.91 Å². The standard InChI is InChI=1S/C19H26N2O3/c1-15(2)14-23-12-6-11-20-18(22)9-10-19-21-13-17(24-19)16-7-4-3-5-8-16/h3-5,7-8,13,15H,6,9-12,14H2,1-2H3,(H,20,22). The van der Waals surface area contributed by atoms with E-state index < -0.39 is 0 Å². The van der Waals surface area contributed by atoms with E-state index in [9.17, 15) is 4.79 Å². The summed E-state index contributed by atoms with van der Waals surface area (Å²) in [6, 6.07) is 9.81. The summed E-state index contributed by atoms with van der Waals surface area (Å²) in [5.74, 6) is 1.87. The van der Waals surface area contributed by atoms with Gasteiger partial charge in [0.1, 0.15) is 0 Å². The van der Waals surface area contributed by atoms with Crippen molar-refractivity contribution < 1.29 is 13.9 Å². The van der Waals surface area contributed by atoms with Crippen molar-refractivity contribution in [3.63, 3.8) is 0 Å². The minimum Gasteiger partial charge on any atom is -0.441 e. The van der Waals surface area contributed by atoms with Gasteiger partial charge >= 0.3 is 0 Å². The van der Waals surface area contributed by atoms with Crippen LogP contribution < -0.4 is 5.32 Å². The molecule has 5 nitrogen and oxygen atoms in total. The van der Waals surface area contributed by atoms with Crippen LogP contribution in [0.2, 0.25) is 0 Å². The lowest BCUT2D eigenvalue weighted by Crippen LogP contribution is -2.25. The van der Waals surface area contributed by atoms with Crippen LogP contribution >= 0.6 is 0 Å². The third-order valence-corrected chi connectivity index (χ3v) is 3.42. The van der Waals surface area contributed by atoms with E-state index in [0.717, 1.165) is 24.4 Å². The normalized spacial score (nSPS) is 11.0. The number of carbonyl (C=O) groups is 1. The molecule has 130 valence electrons. The molecule has 0 atom stereocenters. The zero-order valence-electron chi connectivity index (χ0n) is 14.5. The zero-order chi connectivity index (χ0) is 17.2. The molecule has 0 saturated carbocycles. The SMILES string of the molecule is CC(C)COCCCNC(=O)CCc1ncc(-c2ccccc2)o1. The second kappa shape index (κ2) is 9.88. The molecule has 2 aromatic rings. The van der Waals surface area contributed by atoms with Gasteiger partial charge in [0.2, 0.25) is 5.91 Å². The number of aryl methyl sites for hydroxylation is 1. The van der Waals surface area contributed by atoms with E-state index in [1.54, 1.807) is 6.20 Å². The summed E-state index contributed by atoms with van der Waals surface area (Å²) in [4.78, 5) is 16.0. The number of ether oxygens (including phenoxy) is 1. The molecule has 24 heavy (non-hydrogen) atoms. The summed E-state index contributed by atoms with van der Waals surface area (Å²) in [5, 5.41) is 2.89. The van der Waals surface area contributed by atoms with Crippen LogP contribution in [0.3, 0.4) is 0 Å². The van der Waals surface area contributed by atoms with Crippen LogP contribution in [0.15, 0.2) is 40.9 Å². The van der Waals surface area contributed by atoms with E-state index in [1.807, 2.05) is 30.3 Å². The van der Waals surface area contributed by atoms with E-state index in [0.29, 0.717) is 37.8 Å². The fourth-order valence-electron chi connectivity index (χ4n) is 2.19. The number of benzene rings is 1. The topological polar surface area (TPSA) is 64.4 Å². The summed E-state index contributed by atoms with van der Waals surface area (Å²) in [7, 11) is 0. The zero-order valence-corrected chi connectivity index (χ0v) is 14.5. The van der Waals surface area contributed by atoms with Crippen LogP contribution in [0.5, 0.6) is 0 Å². The molecule has 1 amide bonds. The van der Waals surface area contributed by atoms with Crippen molar-refractivity contribution in [3.05, 3.63) is 42.4 Å². The number of hydrogen-bond acceptors (Lipinski definition) is 4. The van der Waals surface area contributed by atoms with Crippen molar-refractivity contribution in [2.45, 2.75) is 33.1 Å². The lowest BCUT2D eigenvalue weighted by atomic mass is 10.2. The van der Waals surface area contributed by atoms with Crippen molar-refractivity contribution in [1.29, 1.82) is 0 Å². The van der Waals surface area contributed by atoms with Crippen LogP contribution in [-0.4, -0.2) is 30.6 Å². The highest BCUT2D eigenvalue weighted by atomic mass is 16.5. The van der Waals surface area contributed by atoms with Gasteiger partial charge in [0.25, 0.3) is 0 Å². The second-order valence-electron chi connectivity index (χ2n) is 6.16. The van der Waals surface area contributed by atoms with Gasteiger partial charge in [-0.25, -0.2) is 4.98 Å². The number of carbonyl (C=O) groups excluding carboxylic acids is 1. The highest BCUT2D eigenvalue weighted by molar-refractivity contribution is 5.75. The molecule has 0 fully saturated rings. The lowest BCUT2D eigenvalue weighted by molar-refractivity contribution is -0.121. The molecular formula is C19H26N2O3. The number of oxazole rings is 1. The quantitative estimate of drug-likeness (QED) is 0.678. The Balaban J connectivity index is 1.63. The van der Waals surface area contributed by atoms with Crippen LogP contribution in [0.4, 0.5) is 0 Å². The molecule has 2 rings (SSSR count). The molecule has 5 heteroatoms. The van der Waals surface area contributed by atoms with Crippen molar-refractivity contribution in [3.8, 4) is 11.3 Å². The molecular weight excluding hydrogens is 304 g/mol. The maximum absolute atomic E-state index is 11.8. The highest BCUT2D eigenvalue weighted by Gasteiger charge is 2.08. The predicted molar refractivity (Wildman–Crippen MR) is 93.5 cm³/mol. The largest absolute Gasteiger partial charge is 0.441 e. The first-order valence-corrected chi connectivity index (χ1v) is 8.49. The summed E-state index contributed by atoms with van der Waals surface area (Å²) in [6.07, 6.45) is 3.41. The number of rotatable bonds is 10. The molecule has 0 radical (unpaired) electrons. The van der Waals surface area contributed by atoms with Crippen molar-refractivity contribution in [1.82, 2.24) is 10.3 Å². The Bertz CT molecular complexity index is 608. The molecule has 1 N–H and O–H groups in total. The van der Waals surface area contributed by atoms with Crippen LogP contribution in [-0.2, 0) is 16.0 Å². The summed E-state index contributed by atoms with van der Waals surface area (Å²) in [6.45, 7) is 6.32. The van der Waals surface area contributed by atoms with Gasteiger partial charge in [-0.15, -0.1) is 0 Å². The maximum atomic E-state index is 11.8. The summed E-state index contributed by atoms with van der Waals surface area (Å²) < 4.78 is 11.2. The Morgan fingerprint density at radius 1 is 1.29 bits per heavy atom. The second-order valence-corrected chi connectivity index (χ2v) is 6.16. The van der Waals surface area contributed by atoms with E-state index >= 15 is 0 Å². The minimum absolute atomic E-state index is 0.0123. The molecule has 1 heterocycles. The van der Waals surface area contributed by atoms with Gasteiger partial charge in [-0.1, -0.05) is 44.2 Å². The number of nitrogens with zero attached hydrogens (tertiary/aromatic N) is 1. The van der Waals surface area contributed by atoms with E-state index in [1.165, 1.54) is 0 Å². The van der Waals surface area contributed by atoms with E-state index in [4.69, 9.17) is 9.15 Å². The number of amides is 1. The summed E-state index contributed by atoms with van der Waals surface area (Å²) >= 11 is 0. The van der Waals surface area contributed by atoms with Gasteiger partial charge in [0, 0.05) is 38.2 Å². The first kappa shape index (κ1) is 18.2. The van der Waals surface area contributed by atoms with Gasteiger partial charge in [-0.3, -0.25) is 4.79 Å². The summed E-state index contributed by atoms with van der Waals surface area (Å²) in [5.41, 5.74) is 0.988. The molecule has 1 aromatic heterocycles. The highest BCUT2D eigenvalue weighted by Crippen LogP contribution is 2.20. The lowest BCUT2D eigenvalue weighted by Gasteiger charge is -2.07. The average Bonchev–Trinajstić information content (AvgIpc) is 3.06. The minimum atomic E-state index is 0.0123. The fraction of sp³-hybridized carbons (Fsp3) is 0.474. The number of hydrogen-bond donors (Lipinski definition) is 1. The number of aromatic nitrogens is 1. The first-order chi connectivity index (χ1) is 11.6. The van der Waals surface area contributed by atoms with Gasteiger partial charge < -0.3 is 14.5 Å². The Labute approximate surface area is 143 Å². The molecule has 0 aliphatic carbocycles. The Morgan fingerprint density at radius 2 is 2.08 bits per heavy atom.